The molecule has 2 fully saturated rings. The zero-order chi connectivity index (χ0) is 18.0. The number of carbonyl (C=O) groups excluding carboxylic acids is 1. The molecule has 0 saturated carbocycles. The Labute approximate surface area is 149 Å². The van der Waals surface area contributed by atoms with Crippen molar-refractivity contribution in [3.8, 4) is 0 Å². The van der Waals surface area contributed by atoms with Crippen LogP contribution in [0.15, 0.2) is 12.1 Å². The number of nitrogens with one attached hydrogen (secondary N) is 1. The maximum Gasteiger partial charge on any atom is 0.322 e. The Morgan fingerprint density at radius 3 is 2.72 bits per heavy atom. The van der Waals surface area contributed by atoms with Crippen LogP contribution in [-0.2, 0) is 9.47 Å². The van der Waals surface area contributed by atoms with Crippen LogP contribution < -0.4 is 10.2 Å². The summed E-state index contributed by atoms with van der Waals surface area (Å²) >= 11 is 0. The largest absolute Gasteiger partial charge is 0.378 e. The number of morpholine rings is 2. The molecule has 7 heteroatoms. The Morgan fingerprint density at radius 2 is 2.04 bits per heavy atom. The van der Waals surface area contributed by atoms with Crippen molar-refractivity contribution in [2.75, 3.05) is 49.7 Å². The van der Waals surface area contributed by atoms with Crippen LogP contribution in [0, 0.1) is 6.92 Å². The number of carbonyl (C=O) groups is 1. The monoisotopic (exact) mass is 348 g/mol. The fourth-order valence-corrected chi connectivity index (χ4v) is 3.16. The van der Waals surface area contributed by atoms with E-state index in [0.717, 1.165) is 43.5 Å². The predicted octanol–water partition coefficient (Wildman–Crippen LogP) is 2.26. The first-order valence-electron chi connectivity index (χ1n) is 8.88. The Bertz CT molecular complexity index is 629. The van der Waals surface area contributed by atoms with Gasteiger partial charge in [-0.15, -0.1) is 0 Å². The highest BCUT2D eigenvalue weighted by atomic mass is 16.5. The first kappa shape index (κ1) is 17.9. The molecule has 0 radical (unpaired) electrons. The summed E-state index contributed by atoms with van der Waals surface area (Å²) in [5, 5.41) is 3.00. The molecular formula is C18H28N4O3. The molecule has 0 unspecified atom stereocenters. The molecule has 1 aromatic rings. The fourth-order valence-electron chi connectivity index (χ4n) is 3.16. The number of hydrogen-bond acceptors (Lipinski definition) is 5. The number of aromatic nitrogens is 1. The van der Waals surface area contributed by atoms with Gasteiger partial charge in [-0.05, 0) is 39.8 Å². The number of anilines is 2. The molecule has 7 nitrogen and oxygen atoms in total. The van der Waals surface area contributed by atoms with Gasteiger partial charge in [-0.3, -0.25) is 0 Å². The van der Waals surface area contributed by atoms with Gasteiger partial charge in [0.15, 0.2) is 0 Å². The quantitative estimate of drug-likeness (QED) is 0.888. The maximum absolute atomic E-state index is 12.7. The van der Waals surface area contributed by atoms with Crippen LogP contribution in [0.3, 0.4) is 0 Å². The summed E-state index contributed by atoms with van der Waals surface area (Å²) < 4.78 is 11.1. The van der Waals surface area contributed by atoms with Gasteiger partial charge in [0.05, 0.1) is 49.4 Å². The van der Waals surface area contributed by atoms with Gasteiger partial charge in [-0.25, -0.2) is 9.78 Å². The highest BCUT2D eigenvalue weighted by Crippen LogP contribution is 2.23. The van der Waals surface area contributed by atoms with E-state index in [4.69, 9.17) is 9.47 Å². The van der Waals surface area contributed by atoms with Crippen LogP contribution in [0.4, 0.5) is 16.3 Å². The van der Waals surface area contributed by atoms with Crippen molar-refractivity contribution >= 4 is 17.5 Å². The van der Waals surface area contributed by atoms with E-state index in [1.165, 1.54) is 0 Å². The number of rotatable bonds is 2. The molecule has 0 bridgehead atoms. The normalized spacial score (nSPS) is 23.4. The molecule has 3 rings (SSSR count). The van der Waals surface area contributed by atoms with Crippen molar-refractivity contribution in [1.29, 1.82) is 0 Å². The van der Waals surface area contributed by atoms with Crippen LogP contribution in [0.1, 0.15) is 26.5 Å². The first-order valence-corrected chi connectivity index (χ1v) is 8.88. The number of aryl methyl sites for hydroxylation is 1. The molecule has 3 heterocycles. The van der Waals surface area contributed by atoms with E-state index in [1.54, 1.807) is 0 Å². The van der Waals surface area contributed by atoms with Crippen LogP contribution in [0.2, 0.25) is 0 Å². The van der Waals surface area contributed by atoms with Crippen molar-refractivity contribution in [1.82, 2.24) is 9.88 Å². The molecule has 2 amide bonds. The van der Waals surface area contributed by atoms with Crippen molar-refractivity contribution < 1.29 is 14.3 Å². The molecule has 2 aliphatic heterocycles. The van der Waals surface area contributed by atoms with E-state index >= 15 is 0 Å². The summed E-state index contributed by atoms with van der Waals surface area (Å²) in [4.78, 5) is 21.4. The molecule has 25 heavy (non-hydrogen) atoms. The minimum Gasteiger partial charge on any atom is -0.378 e. The highest BCUT2D eigenvalue weighted by molar-refractivity contribution is 5.90. The summed E-state index contributed by atoms with van der Waals surface area (Å²) in [6.45, 7) is 12.2. The van der Waals surface area contributed by atoms with Gasteiger partial charge in [-0.2, -0.15) is 0 Å². The molecule has 0 spiro atoms. The zero-order valence-corrected chi connectivity index (χ0v) is 15.5. The van der Waals surface area contributed by atoms with Crippen molar-refractivity contribution in [2.24, 2.45) is 0 Å². The number of pyridine rings is 1. The molecule has 138 valence electrons. The first-order chi connectivity index (χ1) is 11.9. The molecule has 1 aromatic heterocycles. The average molecular weight is 348 g/mol. The van der Waals surface area contributed by atoms with E-state index < -0.39 is 0 Å². The average Bonchev–Trinajstić information content (AvgIpc) is 2.59. The van der Waals surface area contributed by atoms with Gasteiger partial charge in [0.25, 0.3) is 0 Å². The number of nitrogens with zero attached hydrogens (tertiary/aromatic N) is 3. The van der Waals surface area contributed by atoms with Crippen molar-refractivity contribution in [3.05, 3.63) is 17.8 Å². The molecule has 1 N–H and O–H groups in total. The molecule has 2 aliphatic rings. The van der Waals surface area contributed by atoms with Crippen LogP contribution in [-0.4, -0.2) is 67.0 Å². The molecular weight excluding hydrogens is 320 g/mol. The minimum atomic E-state index is -0.322. The van der Waals surface area contributed by atoms with Crippen molar-refractivity contribution in [3.63, 3.8) is 0 Å². The van der Waals surface area contributed by atoms with Gasteiger partial charge < -0.3 is 24.6 Å². The second-order valence-electron chi connectivity index (χ2n) is 7.38. The second-order valence-corrected chi connectivity index (χ2v) is 7.38. The summed E-state index contributed by atoms with van der Waals surface area (Å²) in [5.74, 6) is 0.930. The highest BCUT2D eigenvalue weighted by Gasteiger charge is 2.34. The lowest BCUT2D eigenvalue weighted by Gasteiger charge is -2.42. The Kier molecular flexibility index (Phi) is 5.15. The van der Waals surface area contributed by atoms with E-state index in [-0.39, 0.29) is 17.7 Å². The molecule has 2 saturated heterocycles. The third kappa shape index (κ3) is 4.22. The number of amides is 2. The van der Waals surface area contributed by atoms with Crippen LogP contribution in [0.5, 0.6) is 0 Å². The number of ether oxygens (including phenoxy) is 2. The summed E-state index contributed by atoms with van der Waals surface area (Å²) in [7, 11) is 0. The number of urea groups is 1. The summed E-state index contributed by atoms with van der Waals surface area (Å²) in [6.07, 6.45) is 0. The molecule has 1 atom stereocenters. The third-order valence-corrected chi connectivity index (χ3v) is 4.71. The topological polar surface area (TPSA) is 66.9 Å². The SMILES string of the molecule is Cc1nc(N2CCOCC2)ccc1NC(=O)N1CC(C)(C)OC[C@@H]1C. The molecule has 0 aliphatic carbocycles. The van der Waals surface area contributed by atoms with E-state index in [0.29, 0.717) is 13.2 Å². The van der Waals surface area contributed by atoms with Gasteiger partial charge in [-0.1, -0.05) is 0 Å². The zero-order valence-electron chi connectivity index (χ0n) is 15.5. The standard InChI is InChI=1S/C18H28N4O3/c1-13-11-25-18(3,4)12-22(13)17(23)20-15-5-6-16(19-14(15)2)21-7-9-24-10-8-21/h5-6,13H,7-12H2,1-4H3,(H,20,23)/t13-/m0/s1. The Balaban J connectivity index is 1.68. The smallest absolute Gasteiger partial charge is 0.322 e. The van der Waals surface area contributed by atoms with Crippen LogP contribution in [0.25, 0.3) is 0 Å². The summed E-state index contributed by atoms with van der Waals surface area (Å²) in [6, 6.07) is 3.84. The van der Waals surface area contributed by atoms with E-state index in [9.17, 15) is 4.79 Å². The number of hydrogen-bond donors (Lipinski definition) is 1. The van der Waals surface area contributed by atoms with Crippen LogP contribution >= 0.6 is 0 Å². The fraction of sp³-hybridized carbons (Fsp3) is 0.667. The van der Waals surface area contributed by atoms with Gasteiger partial charge in [0.2, 0.25) is 0 Å². The van der Waals surface area contributed by atoms with Crippen molar-refractivity contribution in [2.45, 2.75) is 39.3 Å². The third-order valence-electron chi connectivity index (χ3n) is 4.71. The van der Waals surface area contributed by atoms with Gasteiger partial charge in [0.1, 0.15) is 5.82 Å². The molecule has 0 aromatic carbocycles. The second kappa shape index (κ2) is 7.17. The Morgan fingerprint density at radius 1 is 1.32 bits per heavy atom. The Hall–Kier alpha value is -1.86. The lowest BCUT2D eigenvalue weighted by Crippen LogP contribution is -2.56. The minimum absolute atomic E-state index is 0.0499. The lowest BCUT2D eigenvalue weighted by molar-refractivity contribution is -0.0938. The predicted molar refractivity (Wildman–Crippen MR) is 97.2 cm³/mol. The van der Waals surface area contributed by atoms with E-state index in [1.807, 2.05) is 44.7 Å². The lowest BCUT2D eigenvalue weighted by atomic mass is 10.1. The van der Waals surface area contributed by atoms with Gasteiger partial charge in [0, 0.05) is 13.1 Å². The summed E-state index contributed by atoms with van der Waals surface area (Å²) in [5.41, 5.74) is 1.24. The van der Waals surface area contributed by atoms with Gasteiger partial charge >= 0.3 is 6.03 Å². The van der Waals surface area contributed by atoms with E-state index in [2.05, 4.69) is 15.2 Å². The maximum atomic E-state index is 12.7.